The normalized spacial score (nSPS) is 36.6. The van der Waals surface area contributed by atoms with Crippen LogP contribution in [-0.4, -0.2) is 5.11 Å². The summed E-state index contributed by atoms with van der Waals surface area (Å²) in [5, 5.41) is 9.75. The number of allylic oxidation sites excluding steroid dienone is 3. The molecule has 23 heavy (non-hydrogen) atoms. The summed E-state index contributed by atoms with van der Waals surface area (Å²) >= 11 is 0. The Morgan fingerprint density at radius 3 is 3.00 bits per heavy atom. The average molecular weight is 308 g/mol. The lowest BCUT2D eigenvalue weighted by atomic mass is 9.56. The van der Waals surface area contributed by atoms with E-state index >= 15 is 0 Å². The monoisotopic (exact) mass is 308 g/mol. The van der Waals surface area contributed by atoms with Gasteiger partial charge in [0.1, 0.15) is 5.75 Å². The van der Waals surface area contributed by atoms with Crippen molar-refractivity contribution in [2.45, 2.75) is 58.3 Å². The smallest absolute Gasteiger partial charge is 0.116 e. The third kappa shape index (κ3) is 2.28. The number of hydrogen-bond acceptors (Lipinski definition) is 1. The lowest BCUT2D eigenvalue weighted by molar-refractivity contribution is 0.121. The minimum atomic E-state index is 0.387. The van der Waals surface area contributed by atoms with Crippen LogP contribution < -0.4 is 0 Å². The van der Waals surface area contributed by atoms with E-state index in [1.807, 2.05) is 12.1 Å². The van der Waals surface area contributed by atoms with E-state index in [1.54, 1.807) is 5.57 Å². The van der Waals surface area contributed by atoms with E-state index in [4.69, 9.17) is 0 Å². The van der Waals surface area contributed by atoms with Gasteiger partial charge in [-0.2, -0.15) is 0 Å². The van der Waals surface area contributed by atoms with Crippen molar-refractivity contribution in [3.8, 4) is 5.75 Å². The van der Waals surface area contributed by atoms with Crippen LogP contribution in [0.1, 0.15) is 69.4 Å². The van der Waals surface area contributed by atoms with Crippen LogP contribution in [0.25, 0.3) is 6.08 Å². The van der Waals surface area contributed by atoms with Gasteiger partial charge < -0.3 is 5.11 Å². The van der Waals surface area contributed by atoms with Crippen LogP contribution in [0.5, 0.6) is 5.75 Å². The minimum Gasteiger partial charge on any atom is -0.508 e. The second-order valence-corrected chi connectivity index (χ2v) is 7.98. The Balaban J connectivity index is 1.67. The third-order valence-electron chi connectivity index (χ3n) is 6.83. The van der Waals surface area contributed by atoms with Crippen LogP contribution in [-0.2, 0) is 0 Å². The number of hydrogen-bond donors (Lipinski definition) is 1. The van der Waals surface area contributed by atoms with Crippen molar-refractivity contribution < 1.29 is 5.11 Å². The van der Waals surface area contributed by atoms with Gasteiger partial charge in [0.25, 0.3) is 0 Å². The van der Waals surface area contributed by atoms with E-state index in [0.717, 1.165) is 5.92 Å². The van der Waals surface area contributed by atoms with Crippen molar-refractivity contribution in [3.05, 3.63) is 47.1 Å². The van der Waals surface area contributed by atoms with E-state index in [1.165, 1.54) is 49.7 Å². The first-order valence-corrected chi connectivity index (χ1v) is 9.34. The van der Waals surface area contributed by atoms with E-state index < -0.39 is 0 Å². The summed E-state index contributed by atoms with van der Waals surface area (Å²) in [7, 11) is 0. The molecule has 0 aliphatic heterocycles. The molecule has 3 unspecified atom stereocenters. The Morgan fingerprint density at radius 1 is 1.30 bits per heavy atom. The molecule has 122 valence electrons. The topological polar surface area (TPSA) is 20.2 Å². The molecular weight excluding hydrogens is 280 g/mol. The summed E-state index contributed by atoms with van der Waals surface area (Å²) in [5.41, 5.74) is 4.86. The minimum absolute atomic E-state index is 0.387. The van der Waals surface area contributed by atoms with Crippen molar-refractivity contribution in [1.29, 1.82) is 0 Å². The van der Waals surface area contributed by atoms with Gasteiger partial charge in [-0.3, -0.25) is 0 Å². The molecule has 4 atom stereocenters. The largest absolute Gasteiger partial charge is 0.508 e. The highest BCUT2D eigenvalue weighted by Gasteiger charge is 2.51. The molecule has 1 aromatic rings. The summed E-state index contributed by atoms with van der Waals surface area (Å²) in [6.45, 7) is 4.81. The second-order valence-electron chi connectivity index (χ2n) is 7.98. The molecule has 2 fully saturated rings. The van der Waals surface area contributed by atoms with Crippen molar-refractivity contribution >= 4 is 6.08 Å². The summed E-state index contributed by atoms with van der Waals surface area (Å²) in [5.74, 6) is 2.51. The molecule has 1 heteroatoms. The molecule has 0 spiro atoms. The maximum Gasteiger partial charge on any atom is 0.116 e. The highest BCUT2D eigenvalue weighted by atomic mass is 16.3. The fourth-order valence-electron chi connectivity index (χ4n) is 5.59. The van der Waals surface area contributed by atoms with Gasteiger partial charge in [-0.25, -0.2) is 0 Å². The maximum atomic E-state index is 9.75. The van der Waals surface area contributed by atoms with Gasteiger partial charge in [0, 0.05) is 0 Å². The molecule has 0 bridgehead atoms. The molecule has 4 rings (SSSR count). The van der Waals surface area contributed by atoms with E-state index in [0.29, 0.717) is 23.0 Å². The zero-order valence-electron chi connectivity index (χ0n) is 14.4. The molecule has 1 aromatic carbocycles. The lowest BCUT2D eigenvalue weighted by Crippen LogP contribution is -2.38. The van der Waals surface area contributed by atoms with Crippen molar-refractivity contribution in [2.24, 2.45) is 17.3 Å². The molecule has 0 amide bonds. The first-order valence-electron chi connectivity index (χ1n) is 9.34. The van der Waals surface area contributed by atoms with E-state index in [-0.39, 0.29) is 0 Å². The Hall–Kier alpha value is -1.50. The highest BCUT2D eigenvalue weighted by molar-refractivity contribution is 5.61. The van der Waals surface area contributed by atoms with E-state index in [2.05, 4.69) is 38.1 Å². The molecule has 3 aliphatic carbocycles. The molecule has 0 heterocycles. The number of unbranched alkanes of at least 4 members (excludes halogenated alkanes) is 1. The molecular formula is C22H28O. The lowest BCUT2D eigenvalue weighted by Gasteiger charge is -2.47. The van der Waals surface area contributed by atoms with E-state index in [9.17, 15) is 5.11 Å². The number of phenolic OH excluding ortho intramolecular Hbond substituents is 1. The summed E-state index contributed by atoms with van der Waals surface area (Å²) in [4.78, 5) is 0. The molecule has 0 saturated heterocycles. The fraction of sp³-hybridized carbons (Fsp3) is 0.545. The maximum absolute atomic E-state index is 9.75. The van der Waals surface area contributed by atoms with Crippen molar-refractivity contribution in [2.75, 3.05) is 0 Å². The Labute approximate surface area is 140 Å². The third-order valence-corrected chi connectivity index (χ3v) is 6.83. The van der Waals surface area contributed by atoms with Gasteiger partial charge in [-0.15, -0.1) is 0 Å². The predicted octanol–water partition coefficient (Wildman–Crippen LogP) is 6.06. The van der Waals surface area contributed by atoms with Crippen LogP contribution in [0.2, 0.25) is 0 Å². The molecule has 0 aromatic heterocycles. The fourth-order valence-corrected chi connectivity index (χ4v) is 5.59. The quantitative estimate of drug-likeness (QED) is 0.659. The second kappa shape index (κ2) is 5.54. The standard InChI is InChI=1S/C22H28O/c1-3-4-5-16-7-11-21-20-9-6-15-14-17(23)8-10-18(15)19(20)12-13-22(16,21)2/h5-6,8-10,14,19-21,23H,3-4,7,11-13H2,1-2H3/b16-5-/t19?,20?,21?,22-/m1/s1. The van der Waals surface area contributed by atoms with Gasteiger partial charge in [0.2, 0.25) is 0 Å². The zero-order valence-corrected chi connectivity index (χ0v) is 14.4. The van der Waals surface area contributed by atoms with Crippen molar-refractivity contribution in [3.63, 3.8) is 0 Å². The summed E-state index contributed by atoms with van der Waals surface area (Å²) in [6.07, 6.45) is 15.0. The van der Waals surface area contributed by atoms with Crippen molar-refractivity contribution in [1.82, 2.24) is 0 Å². The van der Waals surface area contributed by atoms with Crippen LogP contribution in [0.3, 0.4) is 0 Å². The van der Waals surface area contributed by atoms with Crippen LogP contribution in [0.4, 0.5) is 0 Å². The van der Waals surface area contributed by atoms with Gasteiger partial charge >= 0.3 is 0 Å². The summed E-state index contributed by atoms with van der Waals surface area (Å²) in [6, 6.07) is 5.96. The number of aromatic hydroxyl groups is 1. The highest BCUT2D eigenvalue weighted by Crippen LogP contribution is 2.62. The Bertz CT molecular complexity index is 669. The SMILES string of the molecule is CCC/C=C1/CCC2C3C=Cc4cc(O)ccc4C3CC[C@]12C. The number of phenols is 1. The number of rotatable bonds is 2. The van der Waals surface area contributed by atoms with Gasteiger partial charge in [0.15, 0.2) is 0 Å². The molecule has 3 aliphatic rings. The number of fused-ring (bicyclic) bond motifs is 5. The first-order chi connectivity index (χ1) is 11.1. The molecule has 0 radical (unpaired) electrons. The molecule has 2 saturated carbocycles. The number of benzene rings is 1. The van der Waals surface area contributed by atoms with Crippen LogP contribution in [0.15, 0.2) is 35.9 Å². The van der Waals surface area contributed by atoms with Gasteiger partial charge in [-0.1, -0.05) is 50.1 Å². The Morgan fingerprint density at radius 2 is 2.17 bits per heavy atom. The van der Waals surface area contributed by atoms with Crippen LogP contribution in [0, 0.1) is 17.3 Å². The summed E-state index contributed by atoms with van der Waals surface area (Å²) < 4.78 is 0. The first kappa shape index (κ1) is 15.1. The Kier molecular flexibility index (Phi) is 3.63. The molecule has 1 nitrogen and oxygen atoms in total. The average Bonchev–Trinajstić information content (AvgIpc) is 2.89. The zero-order chi connectivity index (χ0) is 16.0. The van der Waals surface area contributed by atoms with Gasteiger partial charge in [0.05, 0.1) is 0 Å². The van der Waals surface area contributed by atoms with Crippen LogP contribution >= 0.6 is 0 Å². The predicted molar refractivity (Wildman–Crippen MR) is 96.4 cm³/mol. The van der Waals surface area contributed by atoms with Gasteiger partial charge in [-0.05, 0) is 78.5 Å². The molecule has 1 N–H and O–H groups in total.